The standard InChI is InChI=1S/C11H20N2O4/c1-7-3-4-13(10(7)6-14)5-9(11(16)17)12-8(2)15/h7,9-10,14H,3-6H2,1-2H3,(H,12,15)(H,16,17). The molecule has 0 spiro atoms. The maximum absolute atomic E-state index is 11.0. The molecule has 0 aromatic carbocycles. The Morgan fingerprint density at radius 2 is 2.18 bits per heavy atom. The van der Waals surface area contributed by atoms with Crippen LogP contribution in [0.3, 0.4) is 0 Å². The molecule has 1 fully saturated rings. The molecule has 1 heterocycles. The van der Waals surface area contributed by atoms with Gasteiger partial charge in [-0.3, -0.25) is 9.69 Å². The molecule has 0 bridgehead atoms. The van der Waals surface area contributed by atoms with Crippen molar-refractivity contribution in [3.8, 4) is 0 Å². The highest BCUT2D eigenvalue weighted by Crippen LogP contribution is 2.23. The second kappa shape index (κ2) is 5.97. The Kier molecular flexibility index (Phi) is 4.89. The zero-order valence-electron chi connectivity index (χ0n) is 10.2. The molecule has 1 amide bonds. The second-order valence-corrected chi connectivity index (χ2v) is 4.60. The highest BCUT2D eigenvalue weighted by molar-refractivity contribution is 5.82. The van der Waals surface area contributed by atoms with Crippen molar-refractivity contribution in [2.75, 3.05) is 19.7 Å². The van der Waals surface area contributed by atoms with Crippen LogP contribution in [0.15, 0.2) is 0 Å². The van der Waals surface area contributed by atoms with Crippen molar-refractivity contribution in [2.45, 2.75) is 32.4 Å². The molecule has 98 valence electrons. The predicted octanol–water partition coefficient (Wildman–Crippen LogP) is -0.722. The predicted molar refractivity (Wildman–Crippen MR) is 61.5 cm³/mol. The summed E-state index contributed by atoms with van der Waals surface area (Å²) in [6, 6.07) is -0.919. The Balaban J connectivity index is 2.60. The van der Waals surface area contributed by atoms with Crippen molar-refractivity contribution in [1.29, 1.82) is 0 Å². The molecule has 0 aromatic heterocycles. The minimum atomic E-state index is -1.04. The Hall–Kier alpha value is -1.14. The maximum atomic E-state index is 11.0. The van der Waals surface area contributed by atoms with E-state index < -0.39 is 12.0 Å². The lowest BCUT2D eigenvalue weighted by Crippen LogP contribution is -2.50. The molecule has 6 nitrogen and oxygen atoms in total. The topological polar surface area (TPSA) is 89.9 Å². The molecule has 0 radical (unpaired) electrons. The highest BCUT2D eigenvalue weighted by atomic mass is 16.4. The van der Waals surface area contributed by atoms with Crippen molar-refractivity contribution in [3.05, 3.63) is 0 Å². The van der Waals surface area contributed by atoms with Crippen molar-refractivity contribution in [1.82, 2.24) is 10.2 Å². The summed E-state index contributed by atoms with van der Waals surface area (Å²) in [7, 11) is 0. The summed E-state index contributed by atoms with van der Waals surface area (Å²) in [5.41, 5.74) is 0. The number of hydrogen-bond acceptors (Lipinski definition) is 4. The third kappa shape index (κ3) is 3.67. The quantitative estimate of drug-likeness (QED) is 0.594. The molecule has 1 saturated heterocycles. The highest BCUT2D eigenvalue weighted by Gasteiger charge is 2.33. The number of carboxylic acids is 1. The van der Waals surface area contributed by atoms with Gasteiger partial charge in [0.25, 0.3) is 0 Å². The molecule has 1 aliphatic rings. The van der Waals surface area contributed by atoms with E-state index in [2.05, 4.69) is 5.32 Å². The number of carboxylic acid groups (broad SMARTS) is 1. The maximum Gasteiger partial charge on any atom is 0.327 e. The minimum Gasteiger partial charge on any atom is -0.480 e. The van der Waals surface area contributed by atoms with Crippen LogP contribution in [-0.2, 0) is 9.59 Å². The van der Waals surface area contributed by atoms with Crippen LogP contribution in [0.5, 0.6) is 0 Å². The number of nitrogens with zero attached hydrogens (tertiary/aromatic N) is 1. The fourth-order valence-corrected chi connectivity index (χ4v) is 2.27. The van der Waals surface area contributed by atoms with Crippen molar-refractivity contribution < 1.29 is 19.8 Å². The molecule has 0 saturated carbocycles. The van der Waals surface area contributed by atoms with E-state index in [1.807, 2.05) is 11.8 Å². The van der Waals surface area contributed by atoms with Crippen molar-refractivity contribution in [2.24, 2.45) is 5.92 Å². The van der Waals surface area contributed by atoms with Crippen molar-refractivity contribution in [3.63, 3.8) is 0 Å². The molecule has 3 atom stereocenters. The van der Waals surface area contributed by atoms with Gasteiger partial charge in [0.2, 0.25) is 5.91 Å². The van der Waals surface area contributed by atoms with Gasteiger partial charge in [0.1, 0.15) is 6.04 Å². The molecule has 3 N–H and O–H groups in total. The average Bonchev–Trinajstić information content (AvgIpc) is 2.57. The summed E-state index contributed by atoms with van der Waals surface area (Å²) in [5.74, 6) is -1.05. The van der Waals surface area contributed by atoms with Crippen LogP contribution >= 0.6 is 0 Å². The fraction of sp³-hybridized carbons (Fsp3) is 0.818. The zero-order chi connectivity index (χ0) is 13.0. The summed E-state index contributed by atoms with van der Waals surface area (Å²) in [4.78, 5) is 23.8. The van der Waals surface area contributed by atoms with Crippen LogP contribution in [0, 0.1) is 5.92 Å². The molecular formula is C11H20N2O4. The monoisotopic (exact) mass is 244 g/mol. The van der Waals surface area contributed by atoms with Gasteiger partial charge in [-0.25, -0.2) is 4.79 Å². The third-order valence-electron chi connectivity index (χ3n) is 3.28. The van der Waals surface area contributed by atoms with Crippen LogP contribution < -0.4 is 5.32 Å². The lowest BCUT2D eigenvalue weighted by molar-refractivity contribution is -0.142. The lowest BCUT2D eigenvalue weighted by atomic mass is 10.0. The average molecular weight is 244 g/mol. The molecule has 6 heteroatoms. The molecule has 1 aliphatic heterocycles. The van der Waals surface area contributed by atoms with Gasteiger partial charge in [-0.05, 0) is 18.9 Å². The smallest absolute Gasteiger partial charge is 0.327 e. The number of hydrogen-bond donors (Lipinski definition) is 3. The summed E-state index contributed by atoms with van der Waals surface area (Å²) < 4.78 is 0. The normalized spacial score (nSPS) is 26.8. The Bertz CT molecular complexity index is 295. The van der Waals surface area contributed by atoms with E-state index in [4.69, 9.17) is 5.11 Å². The van der Waals surface area contributed by atoms with Crippen LogP contribution in [0.25, 0.3) is 0 Å². The number of carbonyl (C=O) groups is 2. The van der Waals surface area contributed by atoms with E-state index in [-0.39, 0.29) is 25.1 Å². The molecule has 0 aliphatic carbocycles. The largest absolute Gasteiger partial charge is 0.480 e. The first-order valence-electron chi connectivity index (χ1n) is 5.80. The van der Waals surface area contributed by atoms with Crippen LogP contribution in [0.2, 0.25) is 0 Å². The van der Waals surface area contributed by atoms with Crippen LogP contribution in [0.1, 0.15) is 20.3 Å². The second-order valence-electron chi connectivity index (χ2n) is 4.60. The van der Waals surface area contributed by atoms with E-state index in [1.54, 1.807) is 0 Å². The number of rotatable bonds is 5. The van der Waals surface area contributed by atoms with Crippen LogP contribution in [0.4, 0.5) is 0 Å². The lowest BCUT2D eigenvalue weighted by Gasteiger charge is -2.27. The third-order valence-corrected chi connectivity index (χ3v) is 3.28. The molecule has 0 aromatic rings. The van der Waals surface area contributed by atoms with E-state index in [9.17, 15) is 14.7 Å². The van der Waals surface area contributed by atoms with Gasteiger partial charge in [-0.15, -0.1) is 0 Å². The van der Waals surface area contributed by atoms with E-state index in [0.29, 0.717) is 5.92 Å². The zero-order valence-corrected chi connectivity index (χ0v) is 10.2. The van der Waals surface area contributed by atoms with Gasteiger partial charge in [-0.1, -0.05) is 6.92 Å². The van der Waals surface area contributed by atoms with Crippen molar-refractivity contribution >= 4 is 11.9 Å². The number of likely N-dealkylation sites (tertiary alicyclic amines) is 1. The van der Waals surface area contributed by atoms with Gasteiger partial charge in [0, 0.05) is 19.5 Å². The summed E-state index contributed by atoms with van der Waals surface area (Å²) in [6.45, 7) is 4.36. The van der Waals surface area contributed by atoms with E-state index in [0.717, 1.165) is 13.0 Å². The molecule has 17 heavy (non-hydrogen) atoms. The first kappa shape index (κ1) is 13.9. The number of carbonyl (C=O) groups excluding carboxylic acids is 1. The Morgan fingerprint density at radius 1 is 1.53 bits per heavy atom. The molecule has 1 rings (SSSR count). The first-order valence-corrected chi connectivity index (χ1v) is 5.80. The van der Waals surface area contributed by atoms with Gasteiger partial charge < -0.3 is 15.5 Å². The van der Waals surface area contributed by atoms with E-state index in [1.165, 1.54) is 6.92 Å². The minimum absolute atomic E-state index is 0.00870. The summed E-state index contributed by atoms with van der Waals surface area (Å²) in [6.07, 6.45) is 0.942. The number of amides is 1. The fourth-order valence-electron chi connectivity index (χ4n) is 2.27. The summed E-state index contributed by atoms with van der Waals surface area (Å²) in [5, 5.41) is 20.7. The number of nitrogens with one attached hydrogen (secondary N) is 1. The van der Waals surface area contributed by atoms with Gasteiger partial charge >= 0.3 is 5.97 Å². The number of aliphatic carboxylic acids is 1. The number of aliphatic hydroxyl groups is 1. The first-order chi connectivity index (χ1) is 7.95. The van der Waals surface area contributed by atoms with Gasteiger partial charge in [0.15, 0.2) is 0 Å². The van der Waals surface area contributed by atoms with Gasteiger partial charge in [0.05, 0.1) is 6.61 Å². The van der Waals surface area contributed by atoms with Gasteiger partial charge in [-0.2, -0.15) is 0 Å². The molecular weight excluding hydrogens is 224 g/mol. The Labute approximate surface area is 101 Å². The Morgan fingerprint density at radius 3 is 2.65 bits per heavy atom. The SMILES string of the molecule is CC(=O)NC(CN1CCC(C)C1CO)C(=O)O. The van der Waals surface area contributed by atoms with Crippen LogP contribution in [-0.4, -0.2) is 58.8 Å². The summed E-state index contributed by atoms with van der Waals surface area (Å²) >= 11 is 0. The van der Waals surface area contributed by atoms with E-state index >= 15 is 0 Å². The molecule has 3 unspecified atom stereocenters. The number of aliphatic hydroxyl groups excluding tert-OH is 1.